The van der Waals surface area contributed by atoms with E-state index in [1.54, 1.807) is 12.1 Å². The normalized spacial score (nSPS) is 11.5. The summed E-state index contributed by atoms with van der Waals surface area (Å²) < 4.78 is 6.39. The highest BCUT2D eigenvalue weighted by Crippen LogP contribution is 2.17. The maximum absolute atomic E-state index is 11.8. The predicted octanol–water partition coefficient (Wildman–Crippen LogP) is 2.22. The molecule has 0 bridgehead atoms. The molecule has 6 nitrogen and oxygen atoms in total. The lowest BCUT2D eigenvalue weighted by atomic mass is 10.2. The molecule has 0 saturated heterocycles. The van der Waals surface area contributed by atoms with Crippen molar-refractivity contribution in [3.8, 4) is 5.75 Å². The Morgan fingerprint density at radius 2 is 2.09 bits per heavy atom. The zero-order chi connectivity index (χ0) is 15.9. The first-order valence-corrected chi connectivity index (χ1v) is 7.00. The van der Waals surface area contributed by atoms with Crippen molar-refractivity contribution >= 4 is 11.7 Å². The third kappa shape index (κ3) is 4.66. The van der Waals surface area contributed by atoms with Crippen LogP contribution in [0.15, 0.2) is 48.8 Å². The van der Waals surface area contributed by atoms with Crippen molar-refractivity contribution in [3.05, 3.63) is 59.6 Å². The van der Waals surface area contributed by atoms with Crippen molar-refractivity contribution in [1.82, 2.24) is 5.32 Å². The molecule has 2 N–H and O–H groups in total. The second-order valence-corrected chi connectivity index (χ2v) is 4.98. The van der Waals surface area contributed by atoms with Gasteiger partial charge in [-0.15, -0.1) is 0 Å². The molecular formula is C16H19N3O3. The summed E-state index contributed by atoms with van der Waals surface area (Å²) in [5.74, 6) is 0.799. The van der Waals surface area contributed by atoms with Gasteiger partial charge in [0.05, 0.1) is 6.54 Å². The highest BCUT2D eigenvalue weighted by atomic mass is 16.5. The van der Waals surface area contributed by atoms with Crippen LogP contribution in [0.2, 0.25) is 0 Å². The van der Waals surface area contributed by atoms with Gasteiger partial charge in [0.1, 0.15) is 17.5 Å². The number of carbonyl (C=O) groups excluding carboxylic acids is 1. The lowest BCUT2D eigenvalue weighted by molar-refractivity contribution is -0.604. The number of aryl methyl sites for hydroxylation is 1. The minimum absolute atomic E-state index is 0.174. The summed E-state index contributed by atoms with van der Waals surface area (Å²) in [5.41, 5.74) is 1.48. The molecule has 1 aromatic carbocycles. The fourth-order valence-corrected chi connectivity index (χ4v) is 1.89. The van der Waals surface area contributed by atoms with E-state index in [0.29, 0.717) is 17.0 Å². The highest BCUT2D eigenvalue weighted by Gasteiger charge is 2.09. The van der Waals surface area contributed by atoms with Gasteiger partial charge >= 0.3 is 6.03 Å². The Kier molecular flexibility index (Phi) is 5.19. The molecule has 0 aliphatic rings. The molecule has 0 saturated carbocycles. The summed E-state index contributed by atoms with van der Waals surface area (Å²) in [6.07, 6.45) is 2.46. The minimum Gasteiger partial charge on any atom is -0.619 e. The molecule has 22 heavy (non-hydrogen) atoms. The number of pyridine rings is 1. The molecule has 2 rings (SSSR count). The van der Waals surface area contributed by atoms with Crippen LogP contribution in [0, 0.1) is 12.1 Å². The van der Waals surface area contributed by atoms with Crippen LogP contribution in [-0.2, 0) is 0 Å². The summed E-state index contributed by atoms with van der Waals surface area (Å²) in [6, 6.07) is 10.5. The van der Waals surface area contributed by atoms with Crippen molar-refractivity contribution in [2.45, 2.75) is 20.0 Å². The van der Waals surface area contributed by atoms with E-state index in [9.17, 15) is 10.0 Å². The summed E-state index contributed by atoms with van der Waals surface area (Å²) in [5, 5.41) is 16.4. The van der Waals surface area contributed by atoms with E-state index in [2.05, 4.69) is 10.6 Å². The van der Waals surface area contributed by atoms with Gasteiger partial charge in [0.2, 0.25) is 6.20 Å². The van der Waals surface area contributed by atoms with Crippen LogP contribution in [0.4, 0.5) is 10.5 Å². The second kappa shape index (κ2) is 7.31. The number of rotatable bonds is 5. The second-order valence-electron chi connectivity index (χ2n) is 4.98. The Morgan fingerprint density at radius 1 is 1.32 bits per heavy atom. The number of carbonyl (C=O) groups is 1. The van der Waals surface area contributed by atoms with Crippen molar-refractivity contribution in [3.63, 3.8) is 0 Å². The van der Waals surface area contributed by atoms with E-state index in [-0.39, 0.29) is 12.1 Å². The molecule has 1 heterocycles. The smallest absolute Gasteiger partial charge is 0.319 e. The number of benzene rings is 1. The van der Waals surface area contributed by atoms with Crippen LogP contribution >= 0.6 is 0 Å². The van der Waals surface area contributed by atoms with Crippen molar-refractivity contribution in [2.75, 3.05) is 11.9 Å². The van der Waals surface area contributed by atoms with E-state index >= 15 is 0 Å². The SMILES string of the molecule is Cc1ccccc1OC(C)CNC(=O)Nc1ccc[n+]([O-])c1. The Labute approximate surface area is 129 Å². The van der Waals surface area contributed by atoms with Gasteiger partial charge < -0.3 is 20.6 Å². The summed E-state index contributed by atoms with van der Waals surface area (Å²) in [6.45, 7) is 4.20. The molecule has 1 aromatic heterocycles. The fourth-order valence-electron chi connectivity index (χ4n) is 1.89. The molecule has 0 fully saturated rings. The number of nitrogens with zero attached hydrogens (tertiary/aromatic N) is 1. The van der Waals surface area contributed by atoms with Gasteiger partial charge in [0.15, 0.2) is 6.20 Å². The molecular weight excluding hydrogens is 282 g/mol. The Balaban J connectivity index is 1.79. The standard InChI is InChI=1S/C16H19N3O3/c1-12-6-3-4-8-15(12)22-13(2)10-17-16(20)18-14-7-5-9-19(21)11-14/h3-9,11,13H,10H2,1-2H3,(H2,17,18,20). The van der Waals surface area contributed by atoms with E-state index in [1.165, 1.54) is 12.4 Å². The molecule has 2 amide bonds. The van der Waals surface area contributed by atoms with Crippen LogP contribution in [0.5, 0.6) is 5.75 Å². The number of ether oxygens (including phenoxy) is 1. The average molecular weight is 301 g/mol. The number of aromatic nitrogens is 1. The lowest BCUT2D eigenvalue weighted by Gasteiger charge is -2.17. The largest absolute Gasteiger partial charge is 0.619 e. The van der Waals surface area contributed by atoms with E-state index in [4.69, 9.17) is 4.74 Å². The first kappa shape index (κ1) is 15.6. The van der Waals surface area contributed by atoms with Crippen LogP contribution in [0.25, 0.3) is 0 Å². The van der Waals surface area contributed by atoms with Gasteiger partial charge in [-0.1, -0.05) is 18.2 Å². The summed E-state index contributed by atoms with van der Waals surface area (Å²) in [4.78, 5) is 11.8. The number of hydrogen-bond acceptors (Lipinski definition) is 3. The zero-order valence-electron chi connectivity index (χ0n) is 12.6. The van der Waals surface area contributed by atoms with Crippen molar-refractivity contribution in [1.29, 1.82) is 0 Å². The third-order valence-electron chi connectivity index (χ3n) is 3.00. The van der Waals surface area contributed by atoms with Gasteiger partial charge in [0.25, 0.3) is 0 Å². The summed E-state index contributed by atoms with van der Waals surface area (Å²) >= 11 is 0. The molecule has 116 valence electrons. The predicted molar refractivity (Wildman–Crippen MR) is 83.7 cm³/mol. The fraction of sp³-hybridized carbons (Fsp3) is 0.250. The highest BCUT2D eigenvalue weighted by molar-refractivity contribution is 5.88. The van der Waals surface area contributed by atoms with Crippen LogP contribution < -0.4 is 20.1 Å². The van der Waals surface area contributed by atoms with E-state index in [1.807, 2.05) is 38.1 Å². The van der Waals surface area contributed by atoms with Gasteiger partial charge in [0, 0.05) is 6.07 Å². The van der Waals surface area contributed by atoms with Crippen molar-refractivity contribution < 1.29 is 14.3 Å². The maximum atomic E-state index is 11.8. The molecule has 6 heteroatoms. The number of hydrogen-bond donors (Lipinski definition) is 2. The van der Waals surface area contributed by atoms with Crippen LogP contribution in [0.3, 0.4) is 0 Å². The Morgan fingerprint density at radius 3 is 2.82 bits per heavy atom. The average Bonchev–Trinajstić information content (AvgIpc) is 2.48. The monoisotopic (exact) mass is 301 g/mol. The Bertz CT molecular complexity index is 646. The van der Waals surface area contributed by atoms with Gasteiger partial charge in [-0.3, -0.25) is 0 Å². The zero-order valence-corrected chi connectivity index (χ0v) is 12.6. The van der Waals surface area contributed by atoms with Crippen LogP contribution in [0.1, 0.15) is 12.5 Å². The van der Waals surface area contributed by atoms with E-state index < -0.39 is 0 Å². The quantitative estimate of drug-likeness (QED) is 0.656. The lowest BCUT2D eigenvalue weighted by Crippen LogP contribution is -2.37. The van der Waals surface area contributed by atoms with Gasteiger partial charge in [-0.05, 0) is 31.5 Å². The van der Waals surface area contributed by atoms with E-state index in [0.717, 1.165) is 11.3 Å². The maximum Gasteiger partial charge on any atom is 0.319 e. The van der Waals surface area contributed by atoms with Crippen LogP contribution in [-0.4, -0.2) is 18.7 Å². The van der Waals surface area contributed by atoms with Gasteiger partial charge in [-0.25, -0.2) is 4.79 Å². The molecule has 2 aromatic rings. The number of amides is 2. The number of urea groups is 1. The molecule has 1 unspecified atom stereocenters. The number of para-hydroxylation sites is 1. The molecule has 0 spiro atoms. The van der Waals surface area contributed by atoms with Gasteiger partial charge in [-0.2, -0.15) is 4.73 Å². The third-order valence-corrected chi connectivity index (χ3v) is 3.00. The topological polar surface area (TPSA) is 77.3 Å². The molecule has 0 aliphatic heterocycles. The summed E-state index contributed by atoms with van der Waals surface area (Å²) in [7, 11) is 0. The molecule has 0 radical (unpaired) electrons. The minimum atomic E-state index is -0.383. The van der Waals surface area contributed by atoms with Crippen molar-refractivity contribution in [2.24, 2.45) is 0 Å². The first-order valence-electron chi connectivity index (χ1n) is 7.00. The molecule has 0 aliphatic carbocycles. The Hall–Kier alpha value is -2.76. The number of anilines is 1. The number of nitrogens with one attached hydrogen (secondary N) is 2. The first-order chi connectivity index (χ1) is 10.5. The molecule has 1 atom stereocenters.